The van der Waals surface area contributed by atoms with E-state index in [1.165, 1.54) is 11.8 Å². The zero-order valence-electron chi connectivity index (χ0n) is 11.8. The number of methoxy groups -OCH3 is 1. The standard InChI is InChI=1S/C16H13ClN2O2S/c1-21-13-4-6-14(7-5-13)22-10-16(20)19-15-8-12(17)3-2-11(15)9-18/h2-8H,10H2,1H3,(H,19,20). The number of hydrogen-bond acceptors (Lipinski definition) is 4. The first-order valence-electron chi connectivity index (χ1n) is 6.38. The number of nitrogens with zero attached hydrogens (tertiary/aromatic N) is 1. The number of thioether (sulfide) groups is 1. The van der Waals surface area contributed by atoms with Gasteiger partial charge in [0, 0.05) is 9.92 Å². The summed E-state index contributed by atoms with van der Waals surface area (Å²) in [6, 6.07) is 14.2. The lowest BCUT2D eigenvalue weighted by Crippen LogP contribution is -2.14. The van der Waals surface area contributed by atoms with E-state index in [2.05, 4.69) is 5.32 Å². The molecule has 0 heterocycles. The summed E-state index contributed by atoms with van der Waals surface area (Å²) in [5.41, 5.74) is 0.808. The van der Waals surface area contributed by atoms with Gasteiger partial charge in [-0.2, -0.15) is 5.26 Å². The van der Waals surface area contributed by atoms with Gasteiger partial charge in [-0.05, 0) is 42.5 Å². The number of nitriles is 1. The van der Waals surface area contributed by atoms with E-state index in [4.69, 9.17) is 21.6 Å². The van der Waals surface area contributed by atoms with Gasteiger partial charge in [0.2, 0.25) is 5.91 Å². The Bertz CT molecular complexity index is 711. The van der Waals surface area contributed by atoms with Crippen molar-refractivity contribution < 1.29 is 9.53 Å². The summed E-state index contributed by atoms with van der Waals surface area (Å²) in [6.45, 7) is 0. The van der Waals surface area contributed by atoms with Crippen LogP contribution in [0.2, 0.25) is 5.02 Å². The molecule has 22 heavy (non-hydrogen) atoms. The minimum Gasteiger partial charge on any atom is -0.497 e. The van der Waals surface area contributed by atoms with Crippen LogP contribution in [-0.4, -0.2) is 18.8 Å². The number of rotatable bonds is 5. The van der Waals surface area contributed by atoms with Crippen molar-refractivity contribution in [2.24, 2.45) is 0 Å². The Labute approximate surface area is 138 Å². The molecule has 0 atom stereocenters. The lowest BCUT2D eigenvalue weighted by atomic mass is 10.2. The molecule has 2 rings (SSSR count). The molecule has 0 saturated carbocycles. The molecule has 1 N–H and O–H groups in total. The van der Waals surface area contributed by atoms with E-state index < -0.39 is 0 Å². The van der Waals surface area contributed by atoms with Crippen LogP contribution in [-0.2, 0) is 4.79 Å². The van der Waals surface area contributed by atoms with Crippen LogP contribution in [0.3, 0.4) is 0 Å². The Kier molecular flexibility index (Phi) is 5.70. The smallest absolute Gasteiger partial charge is 0.234 e. The first kappa shape index (κ1) is 16.2. The number of ether oxygens (including phenoxy) is 1. The van der Waals surface area contributed by atoms with E-state index in [9.17, 15) is 4.79 Å². The fourth-order valence-electron chi connectivity index (χ4n) is 1.72. The molecule has 0 aliphatic heterocycles. The van der Waals surface area contributed by atoms with Gasteiger partial charge in [-0.1, -0.05) is 11.6 Å². The van der Waals surface area contributed by atoms with E-state index in [0.717, 1.165) is 10.6 Å². The van der Waals surface area contributed by atoms with Crippen molar-refractivity contribution in [2.75, 3.05) is 18.2 Å². The Morgan fingerprint density at radius 3 is 2.68 bits per heavy atom. The number of anilines is 1. The van der Waals surface area contributed by atoms with Crippen molar-refractivity contribution >= 4 is 35.0 Å². The number of nitrogens with one attached hydrogen (secondary N) is 1. The molecule has 0 fully saturated rings. The van der Waals surface area contributed by atoms with Gasteiger partial charge in [0.15, 0.2) is 0 Å². The van der Waals surface area contributed by atoms with Gasteiger partial charge in [0.25, 0.3) is 0 Å². The average Bonchev–Trinajstić information content (AvgIpc) is 2.53. The van der Waals surface area contributed by atoms with Gasteiger partial charge in [0.05, 0.1) is 24.1 Å². The number of benzene rings is 2. The molecule has 4 nitrogen and oxygen atoms in total. The third kappa shape index (κ3) is 4.42. The molecule has 0 saturated heterocycles. The van der Waals surface area contributed by atoms with Crippen LogP contribution in [0.1, 0.15) is 5.56 Å². The van der Waals surface area contributed by atoms with Crippen LogP contribution >= 0.6 is 23.4 Å². The maximum absolute atomic E-state index is 12.0. The lowest BCUT2D eigenvalue weighted by Gasteiger charge is -2.07. The molecule has 0 unspecified atom stereocenters. The molecule has 0 aromatic heterocycles. The number of carbonyl (C=O) groups is 1. The summed E-state index contributed by atoms with van der Waals surface area (Å²) in [5.74, 6) is 0.815. The molecule has 0 radical (unpaired) electrons. The van der Waals surface area contributed by atoms with Gasteiger partial charge in [-0.3, -0.25) is 4.79 Å². The Hall–Kier alpha value is -2.16. The molecular weight excluding hydrogens is 320 g/mol. The first-order valence-corrected chi connectivity index (χ1v) is 7.75. The zero-order valence-corrected chi connectivity index (χ0v) is 13.4. The number of hydrogen-bond donors (Lipinski definition) is 1. The Morgan fingerprint density at radius 1 is 1.32 bits per heavy atom. The highest BCUT2D eigenvalue weighted by atomic mass is 35.5. The highest BCUT2D eigenvalue weighted by Crippen LogP contribution is 2.23. The topological polar surface area (TPSA) is 62.1 Å². The van der Waals surface area contributed by atoms with Crippen molar-refractivity contribution in [1.82, 2.24) is 0 Å². The van der Waals surface area contributed by atoms with Gasteiger partial charge in [-0.25, -0.2) is 0 Å². The predicted octanol–water partition coefficient (Wildman–Crippen LogP) is 3.95. The summed E-state index contributed by atoms with van der Waals surface area (Å²) < 4.78 is 5.08. The van der Waals surface area contributed by atoms with Crippen LogP contribution < -0.4 is 10.1 Å². The van der Waals surface area contributed by atoms with Crippen molar-refractivity contribution in [3.8, 4) is 11.8 Å². The summed E-state index contributed by atoms with van der Waals surface area (Å²) in [6.07, 6.45) is 0. The molecule has 1 amide bonds. The second kappa shape index (κ2) is 7.74. The lowest BCUT2D eigenvalue weighted by molar-refractivity contribution is -0.113. The van der Waals surface area contributed by atoms with Gasteiger partial charge in [0.1, 0.15) is 11.8 Å². The quantitative estimate of drug-likeness (QED) is 0.842. The molecule has 0 spiro atoms. The van der Waals surface area contributed by atoms with E-state index >= 15 is 0 Å². The minimum atomic E-state index is -0.195. The third-order valence-electron chi connectivity index (χ3n) is 2.81. The Morgan fingerprint density at radius 2 is 2.05 bits per heavy atom. The molecule has 2 aromatic carbocycles. The van der Waals surface area contributed by atoms with Gasteiger partial charge < -0.3 is 10.1 Å². The third-order valence-corrected chi connectivity index (χ3v) is 4.05. The Balaban J connectivity index is 1.95. The van der Waals surface area contributed by atoms with Crippen molar-refractivity contribution in [3.63, 3.8) is 0 Å². The molecule has 2 aromatic rings. The molecule has 112 valence electrons. The maximum Gasteiger partial charge on any atom is 0.234 e. The van der Waals surface area contributed by atoms with Crippen molar-refractivity contribution in [1.29, 1.82) is 5.26 Å². The predicted molar refractivity (Wildman–Crippen MR) is 88.5 cm³/mol. The second-order valence-corrected chi connectivity index (χ2v) is 5.80. The minimum absolute atomic E-state index is 0.195. The molecule has 6 heteroatoms. The van der Waals surface area contributed by atoms with Crippen LogP contribution in [0.5, 0.6) is 5.75 Å². The van der Waals surface area contributed by atoms with Crippen LogP contribution in [0.4, 0.5) is 5.69 Å². The van der Waals surface area contributed by atoms with Crippen LogP contribution in [0, 0.1) is 11.3 Å². The first-order chi connectivity index (χ1) is 10.6. The molecule has 0 aliphatic rings. The highest BCUT2D eigenvalue weighted by molar-refractivity contribution is 8.00. The summed E-state index contributed by atoms with van der Waals surface area (Å²) in [7, 11) is 1.60. The van der Waals surface area contributed by atoms with E-state index in [1.807, 2.05) is 30.3 Å². The van der Waals surface area contributed by atoms with E-state index in [1.54, 1.807) is 25.3 Å². The average molecular weight is 333 g/mol. The van der Waals surface area contributed by atoms with E-state index in [0.29, 0.717) is 16.3 Å². The number of halogens is 1. The summed E-state index contributed by atoms with van der Waals surface area (Å²) in [5, 5.41) is 12.2. The fourth-order valence-corrected chi connectivity index (χ4v) is 2.60. The SMILES string of the molecule is COc1ccc(SCC(=O)Nc2cc(Cl)ccc2C#N)cc1. The molecular formula is C16H13ClN2O2S. The van der Waals surface area contributed by atoms with Crippen molar-refractivity contribution in [2.45, 2.75) is 4.90 Å². The molecule has 0 aliphatic carbocycles. The monoisotopic (exact) mass is 332 g/mol. The number of amides is 1. The van der Waals surface area contributed by atoms with Crippen LogP contribution in [0.25, 0.3) is 0 Å². The zero-order chi connectivity index (χ0) is 15.9. The number of carbonyl (C=O) groups excluding carboxylic acids is 1. The molecule has 0 bridgehead atoms. The largest absolute Gasteiger partial charge is 0.497 e. The van der Waals surface area contributed by atoms with Gasteiger partial charge >= 0.3 is 0 Å². The van der Waals surface area contributed by atoms with Crippen LogP contribution in [0.15, 0.2) is 47.4 Å². The van der Waals surface area contributed by atoms with Gasteiger partial charge in [-0.15, -0.1) is 11.8 Å². The van der Waals surface area contributed by atoms with E-state index in [-0.39, 0.29) is 11.7 Å². The highest BCUT2D eigenvalue weighted by Gasteiger charge is 2.08. The maximum atomic E-state index is 12.0. The fraction of sp³-hybridized carbons (Fsp3) is 0.125. The second-order valence-electron chi connectivity index (χ2n) is 4.31. The van der Waals surface area contributed by atoms with Crippen molar-refractivity contribution in [3.05, 3.63) is 53.1 Å². The summed E-state index contributed by atoms with van der Waals surface area (Å²) >= 11 is 7.28. The summed E-state index contributed by atoms with van der Waals surface area (Å²) in [4.78, 5) is 12.9. The normalized spacial score (nSPS) is 9.86.